The summed E-state index contributed by atoms with van der Waals surface area (Å²) in [4.78, 5) is 36.5. The highest BCUT2D eigenvalue weighted by molar-refractivity contribution is 6.04. The number of rotatable bonds is 7. The quantitative estimate of drug-likeness (QED) is 0.361. The lowest BCUT2D eigenvalue weighted by Gasteiger charge is -2.21. The van der Waals surface area contributed by atoms with Crippen LogP contribution in [0.3, 0.4) is 0 Å². The lowest BCUT2D eigenvalue weighted by molar-refractivity contribution is -0.787. The number of aromatic nitrogens is 2. The van der Waals surface area contributed by atoms with Gasteiger partial charge in [0.25, 0.3) is 0 Å². The fourth-order valence-corrected chi connectivity index (χ4v) is 4.51. The third-order valence-electron chi connectivity index (χ3n) is 6.51. The molecular formula is C26H27F3N6O4. The van der Waals surface area contributed by atoms with E-state index in [1.54, 1.807) is 12.1 Å². The molecule has 1 aliphatic rings. The van der Waals surface area contributed by atoms with Gasteiger partial charge in [-0.25, -0.2) is 0 Å². The zero-order valence-corrected chi connectivity index (χ0v) is 21.0. The standard InChI is InChI=1S/C26H27F3N6O4/c1-15-5-2-3-6-16(15)10-22(36)31-19-11-18(26(27,28)29)12-20(13-19)32-25(38)33-23-14-35(34-39-23)21-8-4-7-17(9-21)24(30)37/h2-3,5-6,11-14,17,21H,4,7-10H2,1H3,(H4-,30,31,32,33,34,36,37,38)/t17-,21-/m1/s1. The van der Waals surface area contributed by atoms with Crippen LogP contribution >= 0.6 is 0 Å². The van der Waals surface area contributed by atoms with Crippen molar-refractivity contribution in [2.24, 2.45) is 11.7 Å². The van der Waals surface area contributed by atoms with Crippen LogP contribution in [0.4, 0.5) is 35.2 Å². The predicted molar refractivity (Wildman–Crippen MR) is 134 cm³/mol. The first-order valence-electron chi connectivity index (χ1n) is 12.2. The average Bonchev–Trinajstić information content (AvgIpc) is 3.33. The molecule has 1 saturated carbocycles. The number of amides is 4. The maximum Gasteiger partial charge on any atom is 0.416 e. The number of hydrogen-bond donors (Lipinski definition) is 3. The molecule has 206 valence electrons. The van der Waals surface area contributed by atoms with Crippen LogP contribution in [0.25, 0.3) is 5.32 Å². The van der Waals surface area contributed by atoms with Crippen molar-refractivity contribution in [3.63, 3.8) is 0 Å². The number of nitrogens with one attached hydrogen (secondary N) is 2. The highest BCUT2D eigenvalue weighted by Gasteiger charge is 2.34. The first-order valence-corrected chi connectivity index (χ1v) is 12.2. The zero-order valence-electron chi connectivity index (χ0n) is 21.0. The Bertz CT molecular complexity index is 1370. The molecule has 0 bridgehead atoms. The summed E-state index contributed by atoms with van der Waals surface area (Å²) in [7, 11) is 0. The molecule has 39 heavy (non-hydrogen) atoms. The molecule has 1 fully saturated rings. The average molecular weight is 545 g/mol. The summed E-state index contributed by atoms with van der Waals surface area (Å²) in [6.07, 6.45) is -0.730. The Balaban J connectivity index is 1.43. The van der Waals surface area contributed by atoms with Gasteiger partial charge < -0.3 is 26.2 Å². The van der Waals surface area contributed by atoms with Gasteiger partial charge in [-0.1, -0.05) is 28.9 Å². The summed E-state index contributed by atoms with van der Waals surface area (Å²) >= 11 is 0. The van der Waals surface area contributed by atoms with E-state index in [0.29, 0.717) is 12.8 Å². The highest BCUT2D eigenvalue weighted by atomic mass is 19.4. The summed E-state index contributed by atoms with van der Waals surface area (Å²) in [5.41, 5.74) is 5.58. The van der Waals surface area contributed by atoms with Gasteiger partial charge in [0.1, 0.15) is 0 Å². The number of primary amides is 1. The van der Waals surface area contributed by atoms with Crippen molar-refractivity contribution in [2.75, 3.05) is 10.6 Å². The molecule has 0 spiro atoms. The highest BCUT2D eigenvalue weighted by Crippen LogP contribution is 2.34. The van der Waals surface area contributed by atoms with E-state index in [1.807, 2.05) is 19.1 Å². The SMILES string of the molecule is Cc1ccccc1CC(=O)Nc1cc(NC(=O)[N-]c2c[n+]([C@@H]3CCC[C@@H](C(N)=O)C3)no2)cc(C(F)(F)F)c1. The van der Waals surface area contributed by atoms with Crippen LogP contribution < -0.4 is 21.0 Å². The van der Waals surface area contributed by atoms with Gasteiger partial charge in [-0.3, -0.25) is 14.4 Å². The van der Waals surface area contributed by atoms with E-state index < -0.39 is 23.7 Å². The van der Waals surface area contributed by atoms with Crippen LogP contribution in [0.5, 0.6) is 0 Å². The molecule has 1 heterocycles. The Labute approximate surface area is 221 Å². The van der Waals surface area contributed by atoms with Crippen molar-refractivity contribution in [1.29, 1.82) is 0 Å². The second kappa shape index (κ2) is 11.5. The van der Waals surface area contributed by atoms with Crippen LogP contribution in [0.2, 0.25) is 0 Å². The van der Waals surface area contributed by atoms with E-state index in [4.69, 9.17) is 10.3 Å². The van der Waals surface area contributed by atoms with Gasteiger partial charge in [0.15, 0.2) is 17.3 Å². The van der Waals surface area contributed by atoms with Gasteiger partial charge in [-0.2, -0.15) is 13.2 Å². The number of urea groups is 1. The predicted octanol–water partition coefficient (Wildman–Crippen LogP) is 4.92. The normalized spacial score (nSPS) is 17.3. The number of aryl methyl sites for hydroxylation is 1. The lowest BCUT2D eigenvalue weighted by Crippen LogP contribution is -2.44. The van der Waals surface area contributed by atoms with E-state index in [2.05, 4.69) is 21.2 Å². The van der Waals surface area contributed by atoms with Crippen molar-refractivity contribution >= 4 is 35.1 Å². The second-order valence-electron chi connectivity index (χ2n) is 9.43. The maximum atomic E-state index is 13.5. The Hall–Kier alpha value is -4.42. The van der Waals surface area contributed by atoms with Gasteiger partial charge in [0.05, 0.1) is 12.0 Å². The second-order valence-corrected chi connectivity index (χ2v) is 9.43. The lowest BCUT2D eigenvalue weighted by atomic mass is 9.85. The summed E-state index contributed by atoms with van der Waals surface area (Å²) < 4.78 is 47.1. The molecule has 0 radical (unpaired) electrons. The summed E-state index contributed by atoms with van der Waals surface area (Å²) in [6, 6.07) is 8.71. The number of carbonyl (C=O) groups excluding carboxylic acids is 3. The summed E-state index contributed by atoms with van der Waals surface area (Å²) in [6.45, 7) is 1.83. The Kier molecular flexibility index (Phi) is 8.17. The van der Waals surface area contributed by atoms with Crippen molar-refractivity contribution in [3.05, 3.63) is 70.7 Å². The zero-order chi connectivity index (χ0) is 28.2. The summed E-state index contributed by atoms with van der Waals surface area (Å²) in [5, 5.41) is 12.3. The van der Waals surface area contributed by atoms with Crippen molar-refractivity contribution in [2.45, 2.75) is 51.2 Å². The van der Waals surface area contributed by atoms with E-state index in [-0.39, 0.29) is 41.5 Å². The molecule has 1 aliphatic carbocycles. The Morgan fingerprint density at radius 3 is 2.54 bits per heavy atom. The van der Waals surface area contributed by atoms with Gasteiger partial charge in [-0.05, 0) is 54.8 Å². The van der Waals surface area contributed by atoms with Crippen molar-refractivity contribution in [1.82, 2.24) is 5.27 Å². The van der Waals surface area contributed by atoms with Gasteiger partial charge in [-0.15, -0.1) is 0 Å². The monoisotopic (exact) mass is 544 g/mol. The minimum atomic E-state index is -4.73. The fourth-order valence-electron chi connectivity index (χ4n) is 4.51. The Morgan fingerprint density at radius 1 is 1.13 bits per heavy atom. The van der Waals surface area contributed by atoms with Crippen molar-refractivity contribution in [3.8, 4) is 0 Å². The van der Waals surface area contributed by atoms with Crippen LogP contribution in [0, 0.1) is 12.8 Å². The van der Waals surface area contributed by atoms with Crippen LogP contribution in [0.1, 0.15) is 48.4 Å². The van der Waals surface area contributed by atoms with Crippen LogP contribution in [-0.4, -0.2) is 23.1 Å². The first-order chi connectivity index (χ1) is 18.5. The third-order valence-corrected chi connectivity index (χ3v) is 6.51. The number of alkyl halides is 3. The smallest absolute Gasteiger partial charge is 0.416 e. The Morgan fingerprint density at radius 2 is 1.85 bits per heavy atom. The molecule has 3 aromatic rings. The van der Waals surface area contributed by atoms with Gasteiger partial charge >= 0.3 is 6.18 Å². The van der Waals surface area contributed by atoms with Crippen molar-refractivity contribution < 1.29 is 36.8 Å². The molecule has 10 nitrogen and oxygen atoms in total. The summed E-state index contributed by atoms with van der Waals surface area (Å²) in [5.74, 6) is -1.37. The molecule has 4 rings (SSSR count). The molecule has 0 unspecified atom stereocenters. The number of benzene rings is 2. The third kappa shape index (κ3) is 7.33. The van der Waals surface area contributed by atoms with Gasteiger partial charge in [0.2, 0.25) is 23.9 Å². The largest absolute Gasteiger partial charge is 0.424 e. The number of nitrogens with two attached hydrogens (primary N) is 1. The van der Waals surface area contributed by atoms with E-state index in [9.17, 15) is 27.6 Å². The topological polar surface area (TPSA) is 145 Å². The number of hydrogen-bond acceptors (Lipinski definition) is 5. The molecule has 2 atom stereocenters. The number of anilines is 2. The molecule has 13 heteroatoms. The number of nitrogens with zero attached hydrogens (tertiary/aromatic N) is 3. The number of carbonyl (C=O) groups is 3. The molecule has 4 amide bonds. The first kappa shape index (κ1) is 27.6. The molecule has 0 saturated heterocycles. The van der Waals surface area contributed by atoms with Gasteiger partial charge in [0, 0.05) is 24.4 Å². The van der Waals surface area contributed by atoms with Crippen LogP contribution in [0.15, 0.2) is 53.2 Å². The van der Waals surface area contributed by atoms with Crippen LogP contribution in [-0.2, 0) is 22.2 Å². The van der Waals surface area contributed by atoms with E-state index in [1.165, 1.54) is 16.9 Å². The molecule has 4 N–H and O–H groups in total. The minimum Gasteiger partial charge on any atom is -0.424 e. The maximum absolute atomic E-state index is 13.5. The van der Waals surface area contributed by atoms with E-state index >= 15 is 0 Å². The minimum absolute atomic E-state index is 0.0351. The fraction of sp³-hybridized carbons (Fsp3) is 0.346. The molecular weight excluding hydrogens is 517 g/mol. The molecule has 2 aromatic carbocycles. The number of halogens is 3. The molecule has 0 aliphatic heterocycles. The van der Waals surface area contributed by atoms with E-state index in [0.717, 1.165) is 36.1 Å². The molecule has 1 aromatic heterocycles.